The molecule has 0 N–H and O–H groups in total. The Morgan fingerprint density at radius 3 is 2.58 bits per heavy atom. The summed E-state index contributed by atoms with van der Waals surface area (Å²) in [5, 5.41) is 0. The van der Waals surface area contributed by atoms with Crippen molar-refractivity contribution in [2.24, 2.45) is 0 Å². The number of halogens is 1. The van der Waals surface area contributed by atoms with E-state index in [1.54, 1.807) is 26.2 Å². The lowest BCUT2D eigenvalue weighted by atomic mass is 9.95. The topological polar surface area (TPSA) is 51.2 Å². The number of hydrogen-bond donors (Lipinski definition) is 0. The van der Waals surface area contributed by atoms with Crippen molar-refractivity contribution in [1.82, 2.24) is 0 Å². The van der Waals surface area contributed by atoms with Crippen LogP contribution < -0.4 is 19.3 Å². The molecule has 38 heavy (non-hydrogen) atoms. The lowest BCUT2D eigenvalue weighted by Gasteiger charge is -2.33. The summed E-state index contributed by atoms with van der Waals surface area (Å²) in [5.41, 5.74) is 5.18. The number of fused-ring (bicyclic) bond motifs is 1. The predicted octanol–water partition coefficient (Wildman–Crippen LogP) is 5.80. The number of benzene rings is 3. The highest BCUT2D eigenvalue weighted by Crippen LogP contribution is 2.31. The summed E-state index contributed by atoms with van der Waals surface area (Å²) >= 11 is 0. The van der Waals surface area contributed by atoms with E-state index in [0.29, 0.717) is 31.7 Å². The standard InChI is InChI=1S/C31H37FN2O4/c1-4-37-31(35)17-11-23-10-12-25(21-29(23)32)33(2)22-24-7-5-9-30-28(24)8-6-18-34(30)19-20-38-27-15-13-26(36-3)14-16-27/h5,7,9-10,12-16,21H,4,6,8,11,17-20,22H2,1-3H3. The molecular formula is C31H37FN2O4. The van der Waals surface area contributed by atoms with Crippen LogP contribution in [0.1, 0.15) is 36.5 Å². The molecule has 0 bridgehead atoms. The average molecular weight is 521 g/mol. The minimum Gasteiger partial charge on any atom is -0.497 e. The number of methoxy groups -OCH3 is 1. The fourth-order valence-corrected chi connectivity index (χ4v) is 4.89. The predicted molar refractivity (Wildman–Crippen MR) is 149 cm³/mol. The van der Waals surface area contributed by atoms with Crippen LogP contribution in [0, 0.1) is 5.82 Å². The van der Waals surface area contributed by atoms with Gasteiger partial charge in [0.25, 0.3) is 0 Å². The van der Waals surface area contributed by atoms with Gasteiger partial charge in [0.2, 0.25) is 0 Å². The summed E-state index contributed by atoms with van der Waals surface area (Å²) < 4.78 is 30.9. The minimum atomic E-state index is -0.303. The summed E-state index contributed by atoms with van der Waals surface area (Å²) in [5.74, 6) is 1.05. The number of nitrogens with zero attached hydrogens (tertiary/aromatic N) is 2. The van der Waals surface area contributed by atoms with Crippen molar-refractivity contribution in [3.63, 3.8) is 0 Å². The maximum Gasteiger partial charge on any atom is 0.306 e. The van der Waals surface area contributed by atoms with Crippen molar-refractivity contribution < 1.29 is 23.4 Å². The monoisotopic (exact) mass is 520 g/mol. The van der Waals surface area contributed by atoms with Crippen molar-refractivity contribution >= 4 is 17.3 Å². The highest BCUT2D eigenvalue weighted by molar-refractivity contribution is 5.69. The van der Waals surface area contributed by atoms with Crippen LogP contribution >= 0.6 is 0 Å². The average Bonchev–Trinajstić information content (AvgIpc) is 2.93. The molecule has 1 heterocycles. The molecule has 4 rings (SSSR count). The van der Waals surface area contributed by atoms with Crippen molar-refractivity contribution in [2.75, 3.05) is 50.3 Å². The number of anilines is 2. The Morgan fingerprint density at radius 1 is 1.05 bits per heavy atom. The van der Waals surface area contributed by atoms with Crippen molar-refractivity contribution in [3.05, 3.63) is 83.2 Å². The van der Waals surface area contributed by atoms with E-state index >= 15 is 0 Å². The van der Waals surface area contributed by atoms with Crippen molar-refractivity contribution in [1.29, 1.82) is 0 Å². The summed E-state index contributed by atoms with van der Waals surface area (Å²) in [6.07, 6.45) is 2.62. The molecule has 0 amide bonds. The van der Waals surface area contributed by atoms with Gasteiger partial charge in [0.1, 0.15) is 23.9 Å². The number of ether oxygens (including phenoxy) is 3. The Morgan fingerprint density at radius 2 is 1.84 bits per heavy atom. The van der Waals surface area contributed by atoms with Crippen LogP contribution in [0.5, 0.6) is 11.5 Å². The maximum atomic E-state index is 14.8. The number of aryl methyl sites for hydroxylation is 1. The SMILES string of the molecule is CCOC(=O)CCc1ccc(N(C)Cc2cccc3c2CCCN3CCOc2ccc(OC)cc2)cc1F. The third-order valence-electron chi connectivity index (χ3n) is 6.92. The molecule has 0 spiro atoms. The third-order valence-corrected chi connectivity index (χ3v) is 6.92. The van der Waals surface area contributed by atoms with Crippen LogP contribution in [0.3, 0.4) is 0 Å². The number of carbonyl (C=O) groups excluding carboxylic acids is 1. The van der Waals surface area contributed by atoms with Gasteiger partial charge >= 0.3 is 5.97 Å². The van der Waals surface area contributed by atoms with Gasteiger partial charge in [-0.05, 0) is 85.3 Å². The molecule has 6 nitrogen and oxygen atoms in total. The molecular weight excluding hydrogens is 483 g/mol. The van der Waals surface area contributed by atoms with E-state index < -0.39 is 0 Å². The van der Waals surface area contributed by atoms with E-state index in [2.05, 4.69) is 28.0 Å². The number of rotatable bonds is 12. The Hall–Kier alpha value is -3.74. The first-order chi connectivity index (χ1) is 18.5. The summed E-state index contributed by atoms with van der Waals surface area (Å²) in [6, 6.07) is 19.3. The summed E-state index contributed by atoms with van der Waals surface area (Å²) in [7, 11) is 3.64. The fourth-order valence-electron chi connectivity index (χ4n) is 4.89. The van der Waals surface area contributed by atoms with Gasteiger partial charge in [-0.3, -0.25) is 4.79 Å². The van der Waals surface area contributed by atoms with E-state index in [0.717, 1.165) is 43.1 Å². The molecule has 0 unspecified atom stereocenters. The molecule has 0 radical (unpaired) electrons. The van der Waals surface area contributed by atoms with Gasteiger partial charge in [0.15, 0.2) is 0 Å². The molecule has 3 aromatic rings. The number of esters is 1. The molecule has 7 heteroatoms. The van der Waals surface area contributed by atoms with E-state index in [9.17, 15) is 9.18 Å². The zero-order valence-corrected chi connectivity index (χ0v) is 22.5. The lowest BCUT2D eigenvalue weighted by Crippen LogP contribution is -2.34. The van der Waals surface area contributed by atoms with Gasteiger partial charge in [-0.2, -0.15) is 0 Å². The van der Waals surface area contributed by atoms with E-state index in [-0.39, 0.29) is 18.2 Å². The van der Waals surface area contributed by atoms with Crippen LogP contribution in [-0.2, 0) is 28.9 Å². The normalized spacial score (nSPS) is 12.6. The van der Waals surface area contributed by atoms with Crippen LogP contribution in [-0.4, -0.2) is 46.4 Å². The van der Waals surface area contributed by atoms with Gasteiger partial charge in [-0.1, -0.05) is 18.2 Å². The molecule has 0 saturated carbocycles. The molecule has 0 atom stereocenters. The molecule has 1 aliphatic rings. The molecule has 0 fully saturated rings. The summed E-state index contributed by atoms with van der Waals surface area (Å²) in [4.78, 5) is 16.1. The zero-order chi connectivity index (χ0) is 26.9. The van der Waals surface area contributed by atoms with Crippen molar-refractivity contribution in [2.45, 2.75) is 39.2 Å². The van der Waals surface area contributed by atoms with Crippen LogP contribution in [0.2, 0.25) is 0 Å². The number of carbonyl (C=O) groups is 1. The second-order valence-electron chi connectivity index (χ2n) is 9.47. The molecule has 3 aromatic carbocycles. The highest BCUT2D eigenvalue weighted by Gasteiger charge is 2.20. The molecule has 0 aliphatic carbocycles. The largest absolute Gasteiger partial charge is 0.497 e. The first-order valence-corrected chi connectivity index (χ1v) is 13.3. The number of hydrogen-bond acceptors (Lipinski definition) is 6. The summed E-state index contributed by atoms with van der Waals surface area (Å²) in [6.45, 7) is 5.18. The van der Waals surface area contributed by atoms with E-state index in [1.807, 2.05) is 37.4 Å². The van der Waals surface area contributed by atoms with Crippen LogP contribution in [0.4, 0.5) is 15.8 Å². The molecule has 1 aliphatic heterocycles. The quantitative estimate of drug-likeness (QED) is 0.282. The first-order valence-electron chi connectivity index (χ1n) is 13.3. The van der Waals surface area contributed by atoms with Gasteiger partial charge in [-0.15, -0.1) is 0 Å². The lowest BCUT2D eigenvalue weighted by molar-refractivity contribution is -0.143. The van der Waals surface area contributed by atoms with Gasteiger partial charge in [0.05, 0.1) is 20.3 Å². The Labute approximate surface area is 224 Å². The van der Waals surface area contributed by atoms with Crippen LogP contribution in [0.25, 0.3) is 0 Å². The zero-order valence-electron chi connectivity index (χ0n) is 22.5. The van der Waals surface area contributed by atoms with E-state index in [1.165, 1.54) is 16.8 Å². The van der Waals surface area contributed by atoms with Gasteiger partial charge in [-0.25, -0.2) is 4.39 Å². The Bertz CT molecular complexity index is 1220. The highest BCUT2D eigenvalue weighted by atomic mass is 19.1. The maximum absolute atomic E-state index is 14.8. The third kappa shape index (κ3) is 6.97. The second-order valence-corrected chi connectivity index (χ2v) is 9.47. The van der Waals surface area contributed by atoms with Gasteiger partial charge < -0.3 is 24.0 Å². The molecule has 0 aromatic heterocycles. The molecule has 0 saturated heterocycles. The Kier molecular flexibility index (Phi) is 9.46. The molecule has 202 valence electrons. The smallest absolute Gasteiger partial charge is 0.306 e. The van der Waals surface area contributed by atoms with Crippen molar-refractivity contribution in [3.8, 4) is 11.5 Å². The minimum absolute atomic E-state index is 0.178. The van der Waals surface area contributed by atoms with Crippen LogP contribution in [0.15, 0.2) is 60.7 Å². The fraction of sp³-hybridized carbons (Fsp3) is 0.387. The van der Waals surface area contributed by atoms with E-state index in [4.69, 9.17) is 14.2 Å². The second kappa shape index (κ2) is 13.2. The Balaban J connectivity index is 1.38. The first kappa shape index (κ1) is 27.3. The van der Waals surface area contributed by atoms with Gasteiger partial charge in [0, 0.05) is 37.9 Å².